The van der Waals surface area contributed by atoms with E-state index in [1.165, 1.54) is 6.07 Å². The highest BCUT2D eigenvalue weighted by Crippen LogP contribution is 2.28. The highest BCUT2D eigenvalue weighted by molar-refractivity contribution is 5.25. The minimum absolute atomic E-state index is 0.125. The molecule has 0 amide bonds. The maximum atomic E-state index is 13.8. The molecule has 3 nitrogen and oxygen atoms in total. The lowest BCUT2D eigenvalue weighted by atomic mass is 9.83. The first-order valence-electron chi connectivity index (χ1n) is 6.63. The smallest absolute Gasteiger partial charge is 0.126 e. The number of hydrogen-bond acceptors (Lipinski definition) is 3. The zero-order chi connectivity index (χ0) is 13.9. The van der Waals surface area contributed by atoms with E-state index < -0.39 is 0 Å². The minimum Gasteiger partial charge on any atom is -0.396 e. The van der Waals surface area contributed by atoms with Crippen LogP contribution in [0.5, 0.6) is 0 Å². The summed E-state index contributed by atoms with van der Waals surface area (Å²) in [5, 5.41) is 12.7. The highest BCUT2D eigenvalue weighted by Gasteiger charge is 2.38. The SMILES string of the molecule is CC(C)(CNCC1(CO)COC1)c1ccccc1F. The van der Waals surface area contributed by atoms with Gasteiger partial charge in [-0.3, -0.25) is 0 Å². The van der Waals surface area contributed by atoms with Crippen LogP contribution in [0.1, 0.15) is 19.4 Å². The Bertz CT molecular complexity index is 424. The number of ether oxygens (including phenoxy) is 1. The van der Waals surface area contributed by atoms with E-state index in [1.54, 1.807) is 6.07 Å². The third kappa shape index (κ3) is 3.14. The summed E-state index contributed by atoms with van der Waals surface area (Å²) in [4.78, 5) is 0. The van der Waals surface area contributed by atoms with E-state index in [0.717, 1.165) is 0 Å². The van der Waals surface area contributed by atoms with Crippen LogP contribution < -0.4 is 5.32 Å². The predicted octanol–water partition coefficient (Wildman–Crippen LogP) is 1.70. The van der Waals surface area contributed by atoms with Crippen molar-refractivity contribution in [3.05, 3.63) is 35.6 Å². The van der Waals surface area contributed by atoms with Gasteiger partial charge in [-0.25, -0.2) is 4.39 Å². The first-order chi connectivity index (χ1) is 8.99. The Hall–Kier alpha value is -0.970. The molecule has 0 aromatic heterocycles. The van der Waals surface area contributed by atoms with Gasteiger partial charge in [-0.05, 0) is 11.6 Å². The van der Waals surface area contributed by atoms with Crippen molar-refractivity contribution in [3.8, 4) is 0 Å². The van der Waals surface area contributed by atoms with E-state index >= 15 is 0 Å². The van der Waals surface area contributed by atoms with Crippen LogP contribution in [-0.4, -0.2) is 38.0 Å². The molecule has 2 N–H and O–H groups in total. The van der Waals surface area contributed by atoms with Crippen LogP contribution in [0.2, 0.25) is 0 Å². The monoisotopic (exact) mass is 267 g/mol. The Kier molecular flexibility index (Phi) is 4.23. The molecule has 0 unspecified atom stereocenters. The van der Waals surface area contributed by atoms with Gasteiger partial charge in [-0.15, -0.1) is 0 Å². The summed E-state index contributed by atoms with van der Waals surface area (Å²) < 4.78 is 19.0. The van der Waals surface area contributed by atoms with Gasteiger partial charge in [-0.2, -0.15) is 0 Å². The summed E-state index contributed by atoms with van der Waals surface area (Å²) in [5.74, 6) is -0.168. The first-order valence-corrected chi connectivity index (χ1v) is 6.63. The third-order valence-electron chi connectivity index (χ3n) is 3.82. The predicted molar refractivity (Wildman–Crippen MR) is 72.6 cm³/mol. The molecule has 0 saturated carbocycles. The molecule has 0 atom stereocenters. The van der Waals surface area contributed by atoms with Crippen molar-refractivity contribution in [2.45, 2.75) is 19.3 Å². The summed E-state index contributed by atoms with van der Waals surface area (Å²) in [6.07, 6.45) is 0. The van der Waals surface area contributed by atoms with Gasteiger partial charge in [-0.1, -0.05) is 32.0 Å². The van der Waals surface area contributed by atoms with Gasteiger partial charge in [0.05, 0.1) is 25.2 Å². The molecule has 0 spiro atoms. The Morgan fingerprint density at radius 3 is 2.58 bits per heavy atom. The van der Waals surface area contributed by atoms with Crippen LogP contribution in [-0.2, 0) is 10.2 Å². The second-order valence-electron chi connectivity index (χ2n) is 6.12. The fraction of sp³-hybridized carbons (Fsp3) is 0.600. The fourth-order valence-corrected chi connectivity index (χ4v) is 2.39. The van der Waals surface area contributed by atoms with Crippen molar-refractivity contribution < 1.29 is 14.2 Å². The largest absolute Gasteiger partial charge is 0.396 e. The molecule has 1 heterocycles. The van der Waals surface area contributed by atoms with Gasteiger partial charge in [0.15, 0.2) is 0 Å². The van der Waals surface area contributed by atoms with Gasteiger partial charge >= 0.3 is 0 Å². The fourth-order valence-electron chi connectivity index (χ4n) is 2.39. The molecule has 0 radical (unpaired) electrons. The van der Waals surface area contributed by atoms with Crippen LogP contribution in [0.3, 0.4) is 0 Å². The number of aliphatic hydroxyl groups excluding tert-OH is 1. The number of aliphatic hydroxyl groups is 1. The van der Waals surface area contributed by atoms with Gasteiger partial charge in [0.1, 0.15) is 5.82 Å². The molecule has 1 aromatic carbocycles. The van der Waals surface area contributed by atoms with E-state index in [2.05, 4.69) is 5.32 Å². The van der Waals surface area contributed by atoms with Crippen molar-refractivity contribution in [2.24, 2.45) is 5.41 Å². The summed E-state index contributed by atoms with van der Waals surface area (Å²) >= 11 is 0. The van der Waals surface area contributed by atoms with Crippen LogP contribution in [0.15, 0.2) is 24.3 Å². The van der Waals surface area contributed by atoms with Gasteiger partial charge in [0.25, 0.3) is 0 Å². The highest BCUT2D eigenvalue weighted by atomic mass is 19.1. The maximum absolute atomic E-state index is 13.8. The zero-order valence-electron chi connectivity index (χ0n) is 11.6. The number of benzene rings is 1. The molecule has 106 valence electrons. The first kappa shape index (κ1) is 14.4. The van der Waals surface area contributed by atoms with Gasteiger partial charge in [0, 0.05) is 18.5 Å². The molecule has 19 heavy (non-hydrogen) atoms. The van der Waals surface area contributed by atoms with Crippen molar-refractivity contribution in [1.29, 1.82) is 0 Å². The lowest BCUT2D eigenvalue weighted by Gasteiger charge is -2.40. The average Bonchev–Trinajstić information content (AvgIpc) is 2.33. The molecule has 1 aliphatic rings. The third-order valence-corrected chi connectivity index (χ3v) is 3.82. The van der Waals surface area contributed by atoms with Gasteiger partial charge in [0.2, 0.25) is 0 Å². The molecule has 0 aliphatic carbocycles. The molecular formula is C15H22FNO2. The Morgan fingerprint density at radius 1 is 1.37 bits per heavy atom. The van der Waals surface area contributed by atoms with E-state index in [9.17, 15) is 9.50 Å². The van der Waals surface area contributed by atoms with Crippen LogP contribution >= 0.6 is 0 Å². The number of halogens is 1. The van der Waals surface area contributed by atoms with Crippen molar-refractivity contribution >= 4 is 0 Å². The quantitative estimate of drug-likeness (QED) is 0.824. The summed E-state index contributed by atoms with van der Waals surface area (Å²) in [6.45, 7) is 6.70. The number of rotatable bonds is 6. The number of hydrogen-bond donors (Lipinski definition) is 2. The topological polar surface area (TPSA) is 41.5 Å². The molecule has 1 saturated heterocycles. The van der Waals surface area contributed by atoms with Crippen molar-refractivity contribution in [3.63, 3.8) is 0 Å². The normalized spacial score (nSPS) is 18.1. The number of nitrogens with one attached hydrogen (secondary N) is 1. The lowest BCUT2D eigenvalue weighted by Crippen LogP contribution is -2.53. The summed E-state index contributed by atoms with van der Waals surface area (Å²) in [5.41, 5.74) is 0.281. The van der Waals surface area contributed by atoms with Crippen molar-refractivity contribution in [1.82, 2.24) is 5.32 Å². The van der Waals surface area contributed by atoms with Crippen molar-refractivity contribution in [2.75, 3.05) is 32.9 Å². The average molecular weight is 267 g/mol. The van der Waals surface area contributed by atoms with Crippen LogP contribution in [0.25, 0.3) is 0 Å². The molecule has 1 aromatic rings. The van der Waals surface area contributed by atoms with E-state index in [0.29, 0.717) is 31.9 Å². The zero-order valence-corrected chi connectivity index (χ0v) is 11.6. The van der Waals surface area contributed by atoms with Gasteiger partial charge < -0.3 is 15.2 Å². The maximum Gasteiger partial charge on any atom is 0.126 e. The molecule has 0 bridgehead atoms. The lowest BCUT2D eigenvalue weighted by molar-refractivity contribution is -0.134. The molecule has 1 aliphatic heterocycles. The Labute approximate surface area is 113 Å². The van der Waals surface area contributed by atoms with E-state index in [-0.39, 0.29) is 23.3 Å². The molecule has 2 rings (SSSR count). The van der Waals surface area contributed by atoms with Crippen LogP contribution in [0, 0.1) is 11.2 Å². The molecule has 4 heteroatoms. The second kappa shape index (κ2) is 5.57. The molecule has 1 fully saturated rings. The Balaban J connectivity index is 1.93. The van der Waals surface area contributed by atoms with E-state index in [4.69, 9.17) is 4.74 Å². The van der Waals surface area contributed by atoms with E-state index in [1.807, 2.05) is 26.0 Å². The summed E-state index contributed by atoms with van der Waals surface area (Å²) in [7, 11) is 0. The summed E-state index contributed by atoms with van der Waals surface area (Å²) in [6, 6.07) is 6.88. The second-order valence-corrected chi connectivity index (χ2v) is 6.12. The standard InChI is InChI=1S/C15H22FNO2/c1-14(2,12-5-3-4-6-13(12)16)7-17-8-15(9-18)10-19-11-15/h3-6,17-18H,7-11H2,1-2H3. The molecular weight excluding hydrogens is 245 g/mol. The van der Waals surface area contributed by atoms with Crippen LogP contribution in [0.4, 0.5) is 4.39 Å². The Morgan fingerprint density at radius 2 is 2.05 bits per heavy atom. The minimum atomic E-state index is -0.285.